The average molecular weight is 293 g/mol. The molecule has 3 rings (SSSR count). The van der Waals surface area contributed by atoms with Crippen LogP contribution >= 0.6 is 0 Å². The number of H-pyrrole nitrogens is 1. The zero-order chi connectivity index (χ0) is 15.4. The van der Waals surface area contributed by atoms with Gasteiger partial charge in [0, 0.05) is 12.1 Å². The Labute approximate surface area is 125 Å². The number of nitrogens with one attached hydrogen (secondary N) is 1. The molecule has 0 saturated heterocycles. The van der Waals surface area contributed by atoms with E-state index < -0.39 is 4.92 Å². The van der Waals surface area contributed by atoms with Crippen molar-refractivity contribution in [2.24, 2.45) is 10.2 Å². The molecule has 0 atom stereocenters. The quantitative estimate of drug-likeness (QED) is 0.455. The van der Waals surface area contributed by atoms with Crippen LogP contribution in [0, 0.1) is 10.1 Å². The van der Waals surface area contributed by atoms with E-state index in [4.69, 9.17) is 0 Å². The summed E-state index contributed by atoms with van der Waals surface area (Å²) in [6.07, 6.45) is 3.03. The van der Waals surface area contributed by atoms with Crippen molar-refractivity contribution in [3.05, 3.63) is 70.0 Å². The Kier molecular flexibility index (Phi) is 3.69. The molecule has 108 valence electrons. The normalized spacial score (nSPS) is 11.6. The fourth-order valence-corrected chi connectivity index (χ4v) is 1.90. The predicted octanol–water partition coefficient (Wildman–Crippen LogP) is 2.92. The van der Waals surface area contributed by atoms with E-state index in [0.29, 0.717) is 5.82 Å². The summed E-state index contributed by atoms with van der Waals surface area (Å²) in [6, 6.07) is 13.7. The van der Waals surface area contributed by atoms with Crippen LogP contribution in [-0.2, 0) is 0 Å². The molecule has 7 nitrogen and oxygen atoms in total. The van der Waals surface area contributed by atoms with Crippen molar-refractivity contribution in [2.75, 3.05) is 0 Å². The molecule has 0 aliphatic heterocycles. The summed E-state index contributed by atoms with van der Waals surface area (Å²) in [4.78, 5) is 17.5. The number of benzene rings is 2. The Morgan fingerprint density at radius 1 is 1.05 bits per heavy atom. The molecule has 0 amide bonds. The highest BCUT2D eigenvalue weighted by Gasteiger charge is 2.02. The molecule has 0 radical (unpaired) electrons. The number of fused-ring (bicyclic) bond motifs is 1. The molecule has 22 heavy (non-hydrogen) atoms. The number of aromatic amines is 1. The molecule has 2 aromatic carbocycles. The number of non-ortho nitro benzene ring substituents is 1. The number of nitro benzene ring substituents is 1. The molecule has 1 N–H and O–H groups in total. The van der Waals surface area contributed by atoms with Crippen molar-refractivity contribution in [3.63, 3.8) is 0 Å². The molecular weight excluding hydrogens is 282 g/mol. The Morgan fingerprint density at radius 2 is 1.77 bits per heavy atom. The maximum absolute atomic E-state index is 10.5. The first-order valence-corrected chi connectivity index (χ1v) is 6.48. The fraction of sp³-hybridized carbons (Fsp3) is 0. The smallest absolute Gasteiger partial charge is 0.269 e. The molecule has 0 fully saturated rings. The van der Waals surface area contributed by atoms with Crippen LogP contribution in [0.5, 0.6) is 0 Å². The summed E-state index contributed by atoms with van der Waals surface area (Å²) in [5.74, 6) is 0.613. The van der Waals surface area contributed by atoms with E-state index >= 15 is 0 Å². The minimum Gasteiger partial charge on any atom is -0.337 e. The van der Waals surface area contributed by atoms with Gasteiger partial charge in [-0.05, 0) is 29.8 Å². The van der Waals surface area contributed by atoms with Crippen LogP contribution in [0.15, 0.2) is 58.7 Å². The van der Waals surface area contributed by atoms with E-state index in [1.807, 2.05) is 24.3 Å². The van der Waals surface area contributed by atoms with Gasteiger partial charge in [0.15, 0.2) is 5.82 Å². The average Bonchev–Trinajstić information content (AvgIpc) is 2.95. The Morgan fingerprint density at radius 3 is 2.50 bits per heavy atom. The molecular formula is C15H11N5O2. The molecule has 3 aromatic rings. The maximum atomic E-state index is 10.5. The number of hydrogen-bond acceptors (Lipinski definition) is 5. The van der Waals surface area contributed by atoms with Gasteiger partial charge in [0.1, 0.15) is 0 Å². The topological polar surface area (TPSA) is 96.5 Å². The predicted molar refractivity (Wildman–Crippen MR) is 84.4 cm³/mol. The maximum Gasteiger partial charge on any atom is 0.269 e. The fourth-order valence-electron chi connectivity index (χ4n) is 1.90. The lowest BCUT2D eigenvalue weighted by molar-refractivity contribution is -0.384. The third-order valence-corrected chi connectivity index (χ3v) is 2.97. The van der Waals surface area contributed by atoms with Crippen molar-refractivity contribution in [1.82, 2.24) is 9.97 Å². The van der Waals surface area contributed by atoms with Crippen LogP contribution < -0.4 is 0 Å². The standard InChI is InChI=1S/C15H11N5O2/c21-20(22)12-7-5-11(6-8-12)9-16-17-10-15-18-13-3-1-2-4-14(13)19-15/h1-10H,(H,18,19). The number of aromatic nitrogens is 2. The number of hydrogen-bond donors (Lipinski definition) is 1. The molecule has 0 unspecified atom stereocenters. The largest absolute Gasteiger partial charge is 0.337 e. The Bertz CT molecular complexity index is 832. The number of nitro groups is 1. The summed E-state index contributed by atoms with van der Waals surface area (Å²) in [5, 5.41) is 18.3. The lowest BCUT2D eigenvalue weighted by atomic mass is 10.2. The molecule has 0 bridgehead atoms. The van der Waals surface area contributed by atoms with Gasteiger partial charge in [-0.3, -0.25) is 10.1 Å². The zero-order valence-corrected chi connectivity index (χ0v) is 11.4. The number of imidazole rings is 1. The van der Waals surface area contributed by atoms with Crippen LogP contribution in [0.25, 0.3) is 11.0 Å². The zero-order valence-electron chi connectivity index (χ0n) is 11.4. The highest BCUT2D eigenvalue weighted by molar-refractivity contribution is 5.85. The molecule has 0 saturated carbocycles. The summed E-state index contributed by atoms with van der Waals surface area (Å²) >= 11 is 0. The van der Waals surface area contributed by atoms with Crippen molar-refractivity contribution in [1.29, 1.82) is 0 Å². The van der Waals surface area contributed by atoms with Crippen molar-refractivity contribution >= 4 is 29.1 Å². The van der Waals surface area contributed by atoms with E-state index in [-0.39, 0.29) is 5.69 Å². The molecule has 0 aliphatic rings. The van der Waals surface area contributed by atoms with Gasteiger partial charge in [-0.15, -0.1) is 0 Å². The summed E-state index contributed by atoms with van der Waals surface area (Å²) in [7, 11) is 0. The summed E-state index contributed by atoms with van der Waals surface area (Å²) < 4.78 is 0. The third kappa shape index (κ3) is 3.04. The Hall–Kier alpha value is -3.35. The number of nitrogens with zero attached hydrogens (tertiary/aromatic N) is 4. The van der Waals surface area contributed by atoms with Crippen LogP contribution in [0.4, 0.5) is 5.69 Å². The monoisotopic (exact) mass is 293 g/mol. The van der Waals surface area contributed by atoms with Gasteiger partial charge in [0.2, 0.25) is 0 Å². The van der Waals surface area contributed by atoms with Crippen LogP contribution in [0.2, 0.25) is 0 Å². The van der Waals surface area contributed by atoms with Crippen LogP contribution in [0.3, 0.4) is 0 Å². The molecule has 1 heterocycles. The second-order valence-corrected chi connectivity index (χ2v) is 4.48. The van der Waals surface area contributed by atoms with Crippen molar-refractivity contribution in [3.8, 4) is 0 Å². The van der Waals surface area contributed by atoms with Crippen molar-refractivity contribution in [2.45, 2.75) is 0 Å². The van der Waals surface area contributed by atoms with E-state index in [0.717, 1.165) is 16.6 Å². The van der Waals surface area contributed by atoms with E-state index in [9.17, 15) is 10.1 Å². The van der Waals surface area contributed by atoms with E-state index in [1.54, 1.807) is 12.1 Å². The molecule has 0 spiro atoms. The van der Waals surface area contributed by atoms with Crippen LogP contribution in [-0.4, -0.2) is 27.3 Å². The minimum atomic E-state index is -0.444. The summed E-state index contributed by atoms with van der Waals surface area (Å²) in [5.41, 5.74) is 2.57. The highest BCUT2D eigenvalue weighted by atomic mass is 16.6. The summed E-state index contributed by atoms with van der Waals surface area (Å²) in [6.45, 7) is 0. The van der Waals surface area contributed by atoms with Gasteiger partial charge in [-0.25, -0.2) is 4.98 Å². The van der Waals surface area contributed by atoms with Gasteiger partial charge in [0.05, 0.1) is 28.4 Å². The second-order valence-electron chi connectivity index (χ2n) is 4.48. The SMILES string of the molecule is O=[N+]([O-])c1ccc(C=NN=Cc2nc3ccccc3[nH]2)cc1. The lowest BCUT2D eigenvalue weighted by Crippen LogP contribution is -1.88. The second kappa shape index (κ2) is 5.96. The van der Waals surface area contributed by atoms with Gasteiger partial charge >= 0.3 is 0 Å². The van der Waals surface area contributed by atoms with E-state index in [1.165, 1.54) is 24.6 Å². The van der Waals surface area contributed by atoms with Crippen LogP contribution in [0.1, 0.15) is 11.4 Å². The number of para-hydroxylation sites is 2. The van der Waals surface area contributed by atoms with Gasteiger partial charge < -0.3 is 4.98 Å². The van der Waals surface area contributed by atoms with Crippen molar-refractivity contribution < 1.29 is 4.92 Å². The van der Waals surface area contributed by atoms with Gasteiger partial charge in [-0.1, -0.05) is 12.1 Å². The highest BCUT2D eigenvalue weighted by Crippen LogP contribution is 2.11. The number of rotatable bonds is 4. The van der Waals surface area contributed by atoms with Gasteiger partial charge in [-0.2, -0.15) is 10.2 Å². The van der Waals surface area contributed by atoms with E-state index in [2.05, 4.69) is 20.2 Å². The first-order chi connectivity index (χ1) is 10.7. The molecule has 0 aliphatic carbocycles. The minimum absolute atomic E-state index is 0.0444. The third-order valence-electron chi connectivity index (χ3n) is 2.97. The first kappa shape index (κ1) is 13.6. The Balaban J connectivity index is 1.69. The molecule has 1 aromatic heterocycles. The first-order valence-electron chi connectivity index (χ1n) is 6.48. The van der Waals surface area contributed by atoms with Gasteiger partial charge in [0.25, 0.3) is 5.69 Å². The molecule has 7 heteroatoms. The lowest BCUT2D eigenvalue weighted by Gasteiger charge is -1.91.